The van der Waals surface area contributed by atoms with Crippen LogP contribution in [-0.4, -0.2) is 83.6 Å². The Labute approximate surface area is 238 Å². The quantitative estimate of drug-likeness (QED) is 0.310. The van der Waals surface area contributed by atoms with E-state index in [1.54, 1.807) is 24.6 Å². The molecule has 2 aromatic carbocycles. The third kappa shape index (κ3) is 6.88. The van der Waals surface area contributed by atoms with E-state index in [9.17, 15) is 18.0 Å². The summed E-state index contributed by atoms with van der Waals surface area (Å²) in [6, 6.07) is 16.2. The molecule has 40 heavy (non-hydrogen) atoms. The van der Waals surface area contributed by atoms with Gasteiger partial charge in [0.05, 0.1) is 39.6 Å². The number of ether oxygens (including phenoxy) is 4. The van der Waals surface area contributed by atoms with Crippen molar-refractivity contribution in [3.05, 3.63) is 81.5 Å². The van der Waals surface area contributed by atoms with Crippen molar-refractivity contribution in [3.63, 3.8) is 0 Å². The number of hydrogen-bond acceptors (Lipinski definition) is 10. The van der Waals surface area contributed by atoms with Crippen molar-refractivity contribution in [1.82, 2.24) is 9.21 Å². The molecular formula is C28H32N2O8S2. The minimum atomic E-state index is -3.84. The fraction of sp³-hybridized carbons (Fsp3) is 0.357. The number of methoxy groups -OCH3 is 3. The lowest BCUT2D eigenvalue weighted by molar-refractivity contribution is 0.00760. The van der Waals surface area contributed by atoms with Gasteiger partial charge in [-0.25, -0.2) is 18.0 Å². The number of sulfonamides is 1. The minimum absolute atomic E-state index is 0.0198. The van der Waals surface area contributed by atoms with Crippen LogP contribution >= 0.6 is 11.3 Å². The first kappa shape index (κ1) is 29.7. The summed E-state index contributed by atoms with van der Waals surface area (Å²) in [6.45, 7) is 2.39. The average Bonchev–Trinajstić information content (AvgIpc) is 3.50. The van der Waals surface area contributed by atoms with Gasteiger partial charge in [0.15, 0.2) is 0 Å². The number of piperazine rings is 1. The van der Waals surface area contributed by atoms with Crippen LogP contribution < -0.4 is 4.74 Å². The smallest absolute Gasteiger partial charge is 0.349 e. The van der Waals surface area contributed by atoms with E-state index >= 15 is 0 Å². The molecule has 1 saturated heterocycles. The maximum atomic E-state index is 13.3. The number of esters is 2. The molecule has 4 rings (SSSR count). The molecule has 1 aliphatic heterocycles. The van der Waals surface area contributed by atoms with Crippen LogP contribution in [0.15, 0.2) is 64.9 Å². The van der Waals surface area contributed by atoms with Crippen molar-refractivity contribution < 1.29 is 37.0 Å². The lowest BCUT2D eigenvalue weighted by atomic mass is 10.1. The predicted molar refractivity (Wildman–Crippen MR) is 149 cm³/mol. The Morgan fingerprint density at radius 1 is 0.925 bits per heavy atom. The van der Waals surface area contributed by atoms with Crippen molar-refractivity contribution >= 4 is 33.3 Å². The molecule has 0 spiro atoms. The normalized spacial score (nSPS) is 15.4. The first-order valence-corrected chi connectivity index (χ1v) is 14.9. The zero-order chi connectivity index (χ0) is 28.7. The molecular weight excluding hydrogens is 556 g/mol. The van der Waals surface area contributed by atoms with E-state index in [1.807, 2.05) is 36.4 Å². The lowest BCUT2D eigenvalue weighted by Crippen LogP contribution is -2.49. The third-order valence-electron chi connectivity index (χ3n) is 6.66. The maximum absolute atomic E-state index is 13.3. The Hall–Kier alpha value is -3.29. The number of nitrogens with zero attached hydrogens (tertiary/aromatic N) is 2. The van der Waals surface area contributed by atoms with Gasteiger partial charge in [0.2, 0.25) is 10.0 Å². The van der Waals surface area contributed by atoms with Crippen LogP contribution in [0.1, 0.15) is 37.3 Å². The van der Waals surface area contributed by atoms with Crippen molar-refractivity contribution in [2.75, 3.05) is 54.1 Å². The molecule has 214 valence electrons. The minimum Gasteiger partial charge on any atom is -0.497 e. The Kier molecular flexibility index (Phi) is 9.93. The Morgan fingerprint density at radius 3 is 2.27 bits per heavy atom. The van der Waals surface area contributed by atoms with Crippen molar-refractivity contribution in [3.8, 4) is 5.75 Å². The van der Waals surface area contributed by atoms with Gasteiger partial charge in [-0.3, -0.25) is 4.90 Å². The van der Waals surface area contributed by atoms with Crippen molar-refractivity contribution in [1.29, 1.82) is 0 Å². The number of hydrogen-bond donors (Lipinski definition) is 0. The highest BCUT2D eigenvalue weighted by atomic mass is 32.2. The zero-order valence-corrected chi connectivity index (χ0v) is 24.2. The van der Waals surface area contributed by atoms with Gasteiger partial charge >= 0.3 is 11.9 Å². The summed E-state index contributed by atoms with van der Waals surface area (Å²) in [4.78, 5) is 26.0. The number of carbonyl (C=O) groups is 2. The molecule has 0 unspecified atom stereocenters. The van der Waals surface area contributed by atoms with Crippen LogP contribution in [0, 0.1) is 0 Å². The van der Waals surface area contributed by atoms with Gasteiger partial charge in [-0.1, -0.05) is 24.3 Å². The van der Waals surface area contributed by atoms with E-state index in [1.165, 1.54) is 24.6 Å². The topological polar surface area (TPSA) is 112 Å². The van der Waals surface area contributed by atoms with Crippen LogP contribution in [0.5, 0.6) is 5.75 Å². The fourth-order valence-electron chi connectivity index (χ4n) is 4.42. The fourth-order valence-corrected chi connectivity index (χ4v) is 7.15. The molecule has 0 bridgehead atoms. The molecule has 1 aromatic heterocycles. The van der Waals surface area contributed by atoms with Gasteiger partial charge in [-0.2, -0.15) is 4.31 Å². The summed E-state index contributed by atoms with van der Waals surface area (Å²) < 4.78 is 49.3. The summed E-state index contributed by atoms with van der Waals surface area (Å²) in [5.41, 5.74) is 2.29. The van der Waals surface area contributed by atoms with Gasteiger partial charge in [0.25, 0.3) is 0 Å². The second kappa shape index (κ2) is 13.4. The van der Waals surface area contributed by atoms with E-state index in [0.29, 0.717) is 37.6 Å². The van der Waals surface area contributed by atoms with Crippen LogP contribution in [0.4, 0.5) is 0 Å². The molecule has 1 aliphatic rings. The van der Waals surface area contributed by atoms with Crippen molar-refractivity contribution in [2.24, 2.45) is 0 Å². The standard InChI is InChI=1S/C28H32N2O8S2/c1-35-23-6-4-5-22(17-23)24(38-19-20-7-9-21(10-8-20)27(31)36-2)18-29-12-14-30(15-13-29)40(33,34)25-11-16-39-26(25)28(32)37-3/h4-11,16-17,24H,12-15,18-19H2,1-3H3/t24-/m0/s1. The lowest BCUT2D eigenvalue weighted by Gasteiger charge is -2.35. The Morgan fingerprint density at radius 2 is 1.62 bits per heavy atom. The molecule has 0 amide bonds. The SMILES string of the molecule is COC(=O)c1ccc(CO[C@@H](CN2CCN(S(=O)(=O)c3ccsc3C(=O)OC)CC2)c2cccc(OC)c2)cc1. The highest BCUT2D eigenvalue weighted by molar-refractivity contribution is 7.89. The molecule has 2 heterocycles. The number of carbonyl (C=O) groups excluding carboxylic acids is 2. The van der Waals surface area contributed by atoms with Crippen molar-refractivity contribution in [2.45, 2.75) is 17.6 Å². The van der Waals surface area contributed by atoms with E-state index in [2.05, 4.69) is 4.90 Å². The van der Waals surface area contributed by atoms with Crippen LogP contribution in [-0.2, 0) is 30.8 Å². The third-order valence-corrected chi connectivity index (χ3v) is 9.63. The molecule has 1 fully saturated rings. The second-order valence-electron chi connectivity index (χ2n) is 9.08. The Bertz CT molecular complexity index is 1410. The summed E-state index contributed by atoms with van der Waals surface area (Å²) in [7, 11) is 0.342. The second-order valence-corrected chi connectivity index (χ2v) is 11.9. The molecule has 10 nitrogen and oxygen atoms in total. The van der Waals surface area contributed by atoms with Crippen LogP contribution in [0.2, 0.25) is 0 Å². The van der Waals surface area contributed by atoms with Gasteiger partial charge < -0.3 is 18.9 Å². The molecule has 0 radical (unpaired) electrons. The van der Waals surface area contributed by atoms with Crippen LogP contribution in [0.25, 0.3) is 0 Å². The number of benzene rings is 2. The highest BCUT2D eigenvalue weighted by Gasteiger charge is 2.33. The summed E-state index contributed by atoms with van der Waals surface area (Å²) in [5, 5.41) is 1.58. The zero-order valence-electron chi connectivity index (χ0n) is 22.6. The van der Waals surface area contributed by atoms with Crippen LogP contribution in [0.3, 0.4) is 0 Å². The molecule has 0 N–H and O–H groups in total. The molecule has 3 aromatic rings. The van der Waals surface area contributed by atoms with E-state index in [-0.39, 0.29) is 29.0 Å². The van der Waals surface area contributed by atoms with Gasteiger partial charge in [-0.05, 0) is 46.8 Å². The molecule has 12 heteroatoms. The molecule has 0 aliphatic carbocycles. The number of thiophene rings is 1. The van der Waals surface area contributed by atoms with E-state index in [0.717, 1.165) is 22.5 Å². The number of rotatable bonds is 11. The largest absolute Gasteiger partial charge is 0.497 e. The van der Waals surface area contributed by atoms with E-state index in [4.69, 9.17) is 18.9 Å². The first-order valence-electron chi connectivity index (χ1n) is 12.6. The van der Waals surface area contributed by atoms with E-state index < -0.39 is 22.0 Å². The van der Waals surface area contributed by atoms with Gasteiger partial charge in [0.1, 0.15) is 15.5 Å². The van der Waals surface area contributed by atoms with Gasteiger partial charge in [-0.15, -0.1) is 11.3 Å². The maximum Gasteiger partial charge on any atom is 0.349 e. The summed E-state index contributed by atoms with van der Waals surface area (Å²) in [5.74, 6) is -0.351. The monoisotopic (exact) mass is 588 g/mol. The Balaban J connectivity index is 1.44. The highest BCUT2D eigenvalue weighted by Crippen LogP contribution is 2.28. The summed E-state index contributed by atoms with van der Waals surface area (Å²) in [6.07, 6.45) is -0.318. The predicted octanol–water partition coefficient (Wildman–Crippen LogP) is 3.59. The summed E-state index contributed by atoms with van der Waals surface area (Å²) >= 11 is 1.05. The molecule has 0 saturated carbocycles. The van der Waals surface area contributed by atoms with Gasteiger partial charge in [0, 0.05) is 32.7 Å². The molecule has 1 atom stereocenters. The first-order chi connectivity index (χ1) is 19.3. The average molecular weight is 589 g/mol.